The molecule has 0 saturated carbocycles. The topological polar surface area (TPSA) is 95.5 Å². The molecule has 1 N–H and O–H groups in total. The molecule has 1 aliphatic rings. The molecule has 1 saturated heterocycles. The molecule has 0 spiro atoms. The van der Waals surface area contributed by atoms with Crippen LogP contribution in [0.4, 0.5) is 0 Å². The van der Waals surface area contributed by atoms with Crippen molar-refractivity contribution < 1.29 is 13.2 Å². The first-order chi connectivity index (χ1) is 10.8. The van der Waals surface area contributed by atoms with Crippen LogP contribution in [0.25, 0.3) is 0 Å². The molecule has 1 atom stereocenters. The molecule has 1 aromatic rings. The highest BCUT2D eigenvalue weighted by molar-refractivity contribution is 7.88. The summed E-state index contributed by atoms with van der Waals surface area (Å²) in [7, 11) is -1.76. The summed E-state index contributed by atoms with van der Waals surface area (Å²) >= 11 is 0. The quantitative estimate of drug-likeness (QED) is 0.772. The van der Waals surface area contributed by atoms with Gasteiger partial charge in [0, 0.05) is 57.7 Å². The lowest BCUT2D eigenvalue weighted by Crippen LogP contribution is -2.41. The lowest BCUT2D eigenvalue weighted by Gasteiger charge is -2.22. The van der Waals surface area contributed by atoms with E-state index in [1.54, 1.807) is 19.4 Å². The van der Waals surface area contributed by atoms with Crippen LogP contribution in [0, 0.1) is 12.8 Å². The van der Waals surface area contributed by atoms with Crippen molar-refractivity contribution in [1.29, 1.82) is 0 Å². The van der Waals surface area contributed by atoms with E-state index in [9.17, 15) is 13.2 Å². The summed E-state index contributed by atoms with van der Waals surface area (Å²) in [4.78, 5) is 22.5. The number of nitrogens with one attached hydrogen (secondary N) is 1. The van der Waals surface area contributed by atoms with E-state index < -0.39 is 15.9 Å². The average Bonchev–Trinajstić information content (AvgIpc) is 2.71. The Balaban J connectivity index is 2.14. The number of aromatic nitrogens is 2. The second-order valence-corrected chi connectivity index (χ2v) is 7.79. The summed E-state index contributed by atoms with van der Waals surface area (Å²) in [6.07, 6.45) is 4.70. The van der Waals surface area contributed by atoms with Gasteiger partial charge < -0.3 is 5.32 Å². The van der Waals surface area contributed by atoms with Gasteiger partial charge in [-0.3, -0.25) is 9.69 Å². The monoisotopic (exact) mass is 341 g/mol. The van der Waals surface area contributed by atoms with Gasteiger partial charge in [-0.15, -0.1) is 0 Å². The van der Waals surface area contributed by atoms with E-state index in [1.165, 1.54) is 10.6 Å². The highest BCUT2D eigenvalue weighted by atomic mass is 32.2. The van der Waals surface area contributed by atoms with Gasteiger partial charge >= 0.3 is 0 Å². The summed E-state index contributed by atoms with van der Waals surface area (Å²) in [5.74, 6) is 0.158. The number of hydrogen-bond acceptors (Lipinski definition) is 6. The molecule has 0 bridgehead atoms. The van der Waals surface area contributed by atoms with Crippen molar-refractivity contribution in [2.45, 2.75) is 13.5 Å². The van der Waals surface area contributed by atoms with Crippen LogP contribution in [-0.2, 0) is 21.4 Å². The van der Waals surface area contributed by atoms with Gasteiger partial charge in [0.1, 0.15) is 5.82 Å². The van der Waals surface area contributed by atoms with Crippen LogP contribution in [-0.4, -0.2) is 73.0 Å². The molecule has 9 heteroatoms. The van der Waals surface area contributed by atoms with Gasteiger partial charge in [0.15, 0.2) is 0 Å². The lowest BCUT2D eigenvalue weighted by atomic mass is 10.1. The predicted molar refractivity (Wildman–Crippen MR) is 86.0 cm³/mol. The van der Waals surface area contributed by atoms with Gasteiger partial charge in [-0.1, -0.05) is 0 Å². The molecule has 1 aliphatic heterocycles. The third kappa shape index (κ3) is 4.95. The van der Waals surface area contributed by atoms with Crippen molar-refractivity contribution in [1.82, 2.24) is 24.5 Å². The summed E-state index contributed by atoms with van der Waals surface area (Å²) in [5.41, 5.74) is 0.944. The largest absolute Gasteiger partial charge is 0.359 e. The van der Waals surface area contributed by atoms with Crippen LogP contribution in [0.15, 0.2) is 12.4 Å². The van der Waals surface area contributed by atoms with Gasteiger partial charge in [0.05, 0.1) is 12.2 Å². The molecule has 1 fully saturated rings. The first kappa shape index (κ1) is 17.8. The first-order valence-corrected chi connectivity index (χ1v) is 9.31. The van der Waals surface area contributed by atoms with Crippen molar-refractivity contribution in [2.75, 3.05) is 39.5 Å². The fourth-order valence-corrected chi connectivity index (χ4v) is 3.49. The van der Waals surface area contributed by atoms with E-state index >= 15 is 0 Å². The van der Waals surface area contributed by atoms with Crippen molar-refractivity contribution in [2.24, 2.45) is 5.92 Å². The first-order valence-electron chi connectivity index (χ1n) is 7.46. The zero-order chi connectivity index (χ0) is 17.0. The van der Waals surface area contributed by atoms with E-state index in [0.29, 0.717) is 32.0 Å². The molecule has 1 amide bonds. The minimum atomic E-state index is -3.32. The van der Waals surface area contributed by atoms with Crippen LogP contribution < -0.4 is 5.32 Å². The van der Waals surface area contributed by atoms with Crippen LogP contribution in [0.2, 0.25) is 0 Å². The number of nitrogens with zero attached hydrogens (tertiary/aromatic N) is 4. The van der Waals surface area contributed by atoms with Crippen molar-refractivity contribution in [3.05, 3.63) is 23.8 Å². The zero-order valence-electron chi connectivity index (χ0n) is 13.7. The maximum Gasteiger partial charge on any atom is 0.225 e. The molecule has 2 heterocycles. The normalized spacial score (nSPS) is 20.9. The summed E-state index contributed by atoms with van der Waals surface area (Å²) < 4.78 is 25.1. The second kappa shape index (κ2) is 7.33. The highest BCUT2D eigenvalue weighted by Crippen LogP contribution is 2.15. The standard InChI is InChI=1S/C14H23N5O3S/c1-11-16-6-12(7-17-11)8-18-4-5-19(23(3,21)22)10-13(9-18)14(20)15-2/h6-7,13H,4-5,8-10H2,1-3H3,(H,15,20)/t13-/m1/s1. The number of rotatable bonds is 4. The van der Waals surface area contributed by atoms with Gasteiger partial charge in [-0.05, 0) is 6.92 Å². The molecule has 0 radical (unpaired) electrons. The summed E-state index contributed by atoms with van der Waals surface area (Å²) in [6.45, 7) is 4.05. The van der Waals surface area contributed by atoms with Crippen LogP contribution in [0.1, 0.15) is 11.4 Å². The van der Waals surface area contributed by atoms with Gasteiger partial charge in [-0.2, -0.15) is 0 Å². The summed E-state index contributed by atoms with van der Waals surface area (Å²) in [6, 6.07) is 0. The minimum absolute atomic E-state index is 0.147. The van der Waals surface area contributed by atoms with Gasteiger partial charge in [-0.25, -0.2) is 22.7 Å². The molecule has 1 aromatic heterocycles. The molecule has 0 aliphatic carbocycles. The smallest absolute Gasteiger partial charge is 0.225 e. The Morgan fingerprint density at radius 3 is 2.52 bits per heavy atom. The van der Waals surface area contributed by atoms with E-state index in [-0.39, 0.29) is 12.5 Å². The fraction of sp³-hybridized carbons (Fsp3) is 0.643. The lowest BCUT2D eigenvalue weighted by molar-refractivity contribution is -0.125. The van der Waals surface area contributed by atoms with E-state index in [4.69, 9.17) is 0 Å². The molecule has 0 unspecified atom stereocenters. The van der Waals surface area contributed by atoms with Crippen molar-refractivity contribution in [3.63, 3.8) is 0 Å². The van der Waals surface area contributed by atoms with Crippen LogP contribution >= 0.6 is 0 Å². The van der Waals surface area contributed by atoms with E-state index in [0.717, 1.165) is 5.56 Å². The average molecular weight is 341 g/mol. The number of aryl methyl sites for hydroxylation is 1. The Labute approximate surface area is 137 Å². The summed E-state index contributed by atoms with van der Waals surface area (Å²) in [5, 5.41) is 2.61. The number of amides is 1. The van der Waals surface area contributed by atoms with Crippen LogP contribution in [0.3, 0.4) is 0 Å². The van der Waals surface area contributed by atoms with Crippen molar-refractivity contribution in [3.8, 4) is 0 Å². The molecule has 128 valence electrons. The molecule has 8 nitrogen and oxygen atoms in total. The van der Waals surface area contributed by atoms with Gasteiger partial charge in [0.25, 0.3) is 0 Å². The minimum Gasteiger partial charge on any atom is -0.359 e. The van der Waals surface area contributed by atoms with Crippen LogP contribution in [0.5, 0.6) is 0 Å². The maximum atomic E-state index is 12.1. The third-order valence-corrected chi connectivity index (χ3v) is 5.16. The Kier molecular flexibility index (Phi) is 5.66. The predicted octanol–water partition coefficient (Wildman–Crippen LogP) is -0.776. The molecular weight excluding hydrogens is 318 g/mol. The Hall–Kier alpha value is -1.58. The molecule has 23 heavy (non-hydrogen) atoms. The number of carbonyl (C=O) groups is 1. The second-order valence-electron chi connectivity index (χ2n) is 5.81. The Bertz CT molecular complexity index is 647. The highest BCUT2D eigenvalue weighted by Gasteiger charge is 2.31. The SMILES string of the molecule is CNC(=O)[C@@H]1CN(Cc2cnc(C)nc2)CCN(S(C)(=O)=O)C1. The number of sulfonamides is 1. The maximum absolute atomic E-state index is 12.1. The van der Waals surface area contributed by atoms with Gasteiger partial charge in [0.2, 0.25) is 15.9 Å². The van der Waals surface area contributed by atoms with E-state index in [1.807, 2.05) is 6.92 Å². The molecule has 2 rings (SSSR count). The molecule has 0 aromatic carbocycles. The third-order valence-electron chi connectivity index (χ3n) is 3.90. The van der Waals surface area contributed by atoms with E-state index in [2.05, 4.69) is 20.2 Å². The Morgan fingerprint density at radius 1 is 1.30 bits per heavy atom. The number of carbonyl (C=O) groups excluding carboxylic acids is 1. The fourth-order valence-electron chi connectivity index (χ4n) is 2.62. The van der Waals surface area contributed by atoms with Crippen molar-refractivity contribution >= 4 is 15.9 Å². The number of hydrogen-bond donors (Lipinski definition) is 1. The Morgan fingerprint density at radius 2 is 1.96 bits per heavy atom. The molecular formula is C14H23N5O3S. The zero-order valence-corrected chi connectivity index (χ0v) is 14.5.